The average molecular weight is 213 g/mol. The Morgan fingerprint density at radius 2 is 2.13 bits per heavy atom. The standard InChI is InChI=1S/C11H23N3O/c1-3-10(8-12)13-11(15)14-6-4-9(2)5-7-14/h9-10H,3-8,12H2,1-2H3,(H,13,15). The lowest BCUT2D eigenvalue weighted by Crippen LogP contribution is -2.49. The summed E-state index contributed by atoms with van der Waals surface area (Å²) in [6, 6.07) is 0.177. The van der Waals surface area contributed by atoms with Crippen molar-refractivity contribution >= 4 is 6.03 Å². The number of rotatable bonds is 3. The molecule has 0 aromatic heterocycles. The van der Waals surface area contributed by atoms with Crippen LogP contribution in [0.3, 0.4) is 0 Å². The number of nitrogens with two attached hydrogens (primary N) is 1. The first-order valence-electron chi connectivity index (χ1n) is 5.92. The van der Waals surface area contributed by atoms with Crippen LogP contribution in [0.2, 0.25) is 0 Å². The lowest BCUT2D eigenvalue weighted by atomic mass is 10.00. The minimum atomic E-state index is 0.0548. The summed E-state index contributed by atoms with van der Waals surface area (Å²) in [5.74, 6) is 0.755. The zero-order chi connectivity index (χ0) is 11.3. The largest absolute Gasteiger partial charge is 0.334 e. The third-order valence-corrected chi connectivity index (χ3v) is 3.18. The number of carbonyl (C=O) groups is 1. The van der Waals surface area contributed by atoms with Gasteiger partial charge in [0.25, 0.3) is 0 Å². The van der Waals surface area contributed by atoms with Crippen LogP contribution in [0.25, 0.3) is 0 Å². The Morgan fingerprint density at radius 1 is 1.53 bits per heavy atom. The lowest BCUT2D eigenvalue weighted by Gasteiger charge is -2.31. The number of carbonyl (C=O) groups excluding carboxylic acids is 1. The van der Waals surface area contributed by atoms with Gasteiger partial charge in [0.1, 0.15) is 0 Å². The molecule has 0 spiro atoms. The summed E-state index contributed by atoms with van der Waals surface area (Å²) in [6.45, 7) is 6.56. The number of urea groups is 1. The van der Waals surface area contributed by atoms with Crippen molar-refractivity contribution in [2.45, 2.75) is 39.2 Å². The van der Waals surface area contributed by atoms with Crippen LogP contribution in [-0.2, 0) is 0 Å². The topological polar surface area (TPSA) is 58.4 Å². The minimum Gasteiger partial charge on any atom is -0.334 e. The van der Waals surface area contributed by atoms with E-state index < -0.39 is 0 Å². The predicted octanol–water partition coefficient (Wildman–Crippen LogP) is 1.17. The number of hydrogen-bond acceptors (Lipinski definition) is 2. The molecule has 1 rings (SSSR count). The Bertz CT molecular complexity index is 196. The van der Waals surface area contributed by atoms with Crippen LogP contribution in [-0.4, -0.2) is 36.6 Å². The van der Waals surface area contributed by atoms with Crippen LogP contribution in [0, 0.1) is 5.92 Å². The van der Waals surface area contributed by atoms with Gasteiger partial charge in [0.15, 0.2) is 0 Å². The zero-order valence-electron chi connectivity index (χ0n) is 9.83. The second-order valence-corrected chi connectivity index (χ2v) is 4.46. The van der Waals surface area contributed by atoms with E-state index in [1.807, 2.05) is 11.8 Å². The summed E-state index contributed by atoms with van der Waals surface area (Å²) in [7, 11) is 0. The molecule has 1 aliphatic rings. The molecule has 2 amide bonds. The van der Waals surface area contributed by atoms with Crippen molar-refractivity contribution in [3.8, 4) is 0 Å². The number of nitrogens with zero attached hydrogens (tertiary/aromatic N) is 1. The highest BCUT2D eigenvalue weighted by Gasteiger charge is 2.21. The molecule has 1 saturated heterocycles. The lowest BCUT2D eigenvalue weighted by molar-refractivity contribution is 0.170. The number of amides is 2. The van der Waals surface area contributed by atoms with Crippen molar-refractivity contribution in [1.82, 2.24) is 10.2 Å². The molecule has 1 heterocycles. The SMILES string of the molecule is CCC(CN)NC(=O)N1CCC(C)CC1. The second-order valence-electron chi connectivity index (χ2n) is 4.46. The highest BCUT2D eigenvalue weighted by atomic mass is 16.2. The van der Waals surface area contributed by atoms with Crippen molar-refractivity contribution in [2.75, 3.05) is 19.6 Å². The van der Waals surface area contributed by atoms with Crippen molar-refractivity contribution in [2.24, 2.45) is 11.7 Å². The maximum atomic E-state index is 11.8. The summed E-state index contributed by atoms with van der Waals surface area (Å²) >= 11 is 0. The molecule has 1 fully saturated rings. The van der Waals surface area contributed by atoms with Gasteiger partial charge in [-0.15, -0.1) is 0 Å². The number of hydrogen-bond donors (Lipinski definition) is 2. The first-order chi connectivity index (χ1) is 7.17. The van der Waals surface area contributed by atoms with Gasteiger partial charge in [-0.05, 0) is 25.2 Å². The van der Waals surface area contributed by atoms with Crippen molar-refractivity contribution < 1.29 is 4.79 Å². The zero-order valence-corrected chi connectivity index (χ0v) is 9.83. The molecule has 15 heavy (non-hydrogen) atoms. The van der Waals surface area contributed by atoms with Gasteiger partial charge >= 0.3 is 6.03 Å². The quantitative estimate of drug-likeness (QED) is 0.739. The van der Waals surface area contributed by atoms with Crippen LogP contribution in [0.1, 0.15) is 33.1 Å². The summed E-state index contributed by atoms with van der Waals surface area (Å²) in [6.07, 6.45) is 3.13. The molecule has 1 atom stereocenters. The fourth-order valence-electron chi connectivity index (χ4n) is 1.81. The van der Waals surface area contributed by atoms with Crippen molar-refractivity contribution in [3.05, 3.63) is 0 Å². The molecule has 1 aliphatic heterocycles. The van der Waals surface area contributed by atoms with Crippen LogP contribution in [0.4, 0.5) is 4.79 Å². The maximum Gasteiger partial charge on any atom is 0.317 e. The Hall–Kier alpha value is -0.770. The van der Waals surface area contributed by atoms with Crippen LogP contribution in [0.5, 0.6) is 0 Å². The summed E-state index contributed by atoms with van der Waals surface area (Å²) in [5, 5.41) is 2.96. The Balaban J connectivity index is 2.33. The van der Waals surface area contributed by atoms with E-state index in [1.54, 1.807) is 0 Å². The summed E-state index contributed by atoms with van der Waals surface area (Å²) < 4.78 is 0. The van der Waals surface area contributed by atoms with E-state index >= 15 is 0 Å². The molecule has 3 N–H and O–H groups in total. The van der Waals surface area contributed by atoms with E-state index in [1.165, 1.54) is 0 Å². The van der Waals surface area contributed by atoms with E-state index in [9.17, 15) is 4.79 Å². The van der Waals surface area contributed by atoms with Gasteiger partial charge in [0.05, 0.1) is 0 Å². The van der Waals surface area contributed by atoms with E-state index in [-0.39, 0.29) is 12.1 Å². The number of nitrogens with one attached hydrogen (secondary N) is 1. The molecule has 4 heteroatoms. The molecule has 0 aromatic rings. The molecular formula is C11H23N3O. The fraction of sp³-hybridized carbons (Fsp3) is 0.909. The van der Waals surface area contributed by atoms with Gasteiger partial charge in [0.2, 0.25) is 0 Å². The number of likely N-dealkylation sites (tertiary alicyclic amines) is 1. The molecule has 0 radical (unpaired) electrons. The molecule has 0 saturated carbocycles. The Morgan fingerprint density at radius 3 is 2.60 bits per heavy atom. The monoisotopic (exact) mass is 213 g/mol. The van der Waals surface area contributed by atoms with E-state index in [2.05, 4.69) is 12.2 Å². The summed E-state index contributed by atoms with van der Waals surface area (Å²) in [5.41, 5.74) is 5.55. The van der Waals surface area contributed by atoms with Gasteiger partial charge in [-0.25, -0.2) is 4.79 Å². The second kappa shape index (κ2) is 5.95. The molecule has 0 aliphatic carbocycles. The minimum absolute atomic E-state index is 0.0548. The van der Waals surface area contributed by atoms with Crippen molar-refractivity contribution in [1.29, 1.82) is 0 Å². The molecule has 1 unspecified atom stereocenters. The van der Waals surface area contributed by atoms with Gasteiger partial charge in [0, 0.05) is 25.7 Å². The highest BCUT2D eigenvalue weighted by Crippen LogP contribution is 2.15. The first-order valence-corrected chi connectivity index (χ1v) is 5.92. The van der Waals surface area contributed by atoms with Gasteiger partial charge in [-0.3, -0.25) is 0 Å². The molecular weight excluding hydrogens is 190 g/mol. The Labute approximate surface area is 92.2 Å². The first kappa shape index (κ1) is 12.3. The van der Waals surface area contributed by atoms with E-state index in [0.29, 0.717) is 6.54 Å². The fourth-order valence-corrected chi connectivity index (χ4v) is 1.81. The smallest absolute Gasteiger partial charge is 0.317 e. The predicted molar refractivity (Wildman–Crippen MR) is 61.6 cm³/mol. The molecule has 88 valence electrons. The number of piperidine rings is 1. The maximum absolute atomic E-state index is 11.8. The van der Waals surface area contributed by atoms with Gasteiger partial charge in [-0.2, -0.15) is 0 Å². The van der Waals surface area contributed by atoms with Crippen LogP contribution in [0.15, 0.2) is 0 Å². The molecule has 0 aromatic carbocycles. The average Bonchev–Trinajstić information content (AvgIpc) is 2.26. The van der Waals surface area contributed by atoms with Gasteiger partial charge in [-0.1, -0.05) is 13.8 Å². The third kappa shape index (κ3) is 3.70. The highest BCUT2D eigenvalue weighted by molar-refractivity contribution is 5.74. The van der Waals surface area contributed by atoms with Crippen LogP contribution >= 0.6 is 0 Å². The normalized spacial score (nSPS) is 20.1. The molecule has 4 nitrogen and oxygen atoms in total. The summed E-state index contributed by atoms with van der Waals surface area (Å²) in [4.78, 5) is 13.7. The van der Waals surface area contributed by atoms with Crippen LogP contribution < -0.4 is 11.1 Å². The Kier molecular flexibility index (Phi) is 4.88. The van der Waals surface area contributed by atoms with E-state index in [4.69, 9.17) is 5.73 Å². The van der Waals surface area contributed by atoms with Gasteiger partial charge < -0.3 is 16.0 Å². The van der Waals surface area contributed by atoms with Crippen molar-refractivity contribution in [3.63, 3.8) is 0 Å². The molecule has 0 bridgehead atoms. The third-order valence-electron chi connectivity index (χ3n) is 3.18. The van der Waals surface area contributed by atoms with E-state index in [0.717, 1.165) is 38.3 Å².